The molecule has 1 aliphatic heterocycles. The standard InChI is InChI=1S/C14H20BrFN2/c1-9-5-12(17)8-18(7-9)10(2)11-3-4-14(16)13(15)6-11/h3-4,6,9-10,12H,5,7-8,17H2,1-2H3. The van der Waals surface area contributed by atoms with Gasteiger partial charge >= 0.3 is 0 Å². The SMILES string of the molecule is CC1CC(N)CN(C(C)c2ccc(F)c(Br)c2)C1. The Bertz CT molecular complexity index is 414. The summed E-state index contributed by atoms with van der Waals surface area (Å²) in [5.41, 5.74) is 7.20. The highest BCUT2D eigenvalue weighted by Crippen LogP contribution is 2.28. The lowest BCUT2D eigenvalue weighted by Gasteiger charge is -2.38. The molecule has 0 radical (unpaired) electrons. The van der Waals surface area contributed by atoms with E-state index in [-0.39, 0.29) is 17.9 Å². The summed E-state index contributed by atoms with van der Waals surface area (Å²) < 4.78 is 13.8. The van der Waals surface area contributed by atoms with Crippen molar-refractivity contribution in [1.29, 1.82) is 0 Å². The molecule has 1 heterocycles. The number of benzene rings is 1. The highest BCUT2D eigenvalue weighted by atomic mass is 79.9. The molecule has 3 atom stereocenters. The van der Waals surface area contributed by atoms with Crippen LogP contribution >= 0.6 is 15.9 Å². The Hall–Kier alpha value is -0.450. The van der Waals surface area contributed by atoms with Gasteiger partial charge in [-0.3, -0.25) is 4.90 Å². The van der Waals surface area contributed by atoms with Crippen molar-refractivity contribution < 1.29 is 4.39 Å². The maximum Gasteiger partial charge on any atom is 0.137 e. The lowest BCUT2D eigenvalue weighted by Crippen LogP contribution is -2.47. The topological polar surface area (TPSA) is 29.3 Å². The lowest BCUT2D eigenvalue weighted by molar-refractivity contribution is 0.124. The van der Waals surface area contributed by atoms with Crippen molar-refractivity contribution >= 4 is 15.9 Å². The van der Waals surface area contributed by atoms with E-state index in [2.05, 4.69) is 34.7 Å². The minimum absolute atomic E-state index is 0.213. The van der Waals surface area contributed by atoms with Gasteiger partial charge in [0.15, 0.2) is 0 Å². The molecule has 0 aliphatic carbocycles. The van der Waals surface area contributed by atoms with Crippen molar-refractivity contribution in [2.75, 3.05) is 13.1 Å². The van der Waals surface area contributed by atoms with Gasteiger partial charge in [-0.1, -0.05) is 13.0 Å². The first kappa shape index (κ1) is 14.0. The van der Waals surface area contributed by atoms with Crippen molar-refractivity contribution in [3.05, 3.63) is 34.1 Å². The summed E-state index contributed by atoms with van der Waals surface area (Å²) in [6, 6.07) is 5.76. The molecule has 1 fully saturated rings. The van der Waals surface area contributed by atoms with Crippen molar-refractivity contribution in [3.63, 3.8) is 0 Å². The first-order valence-electron chi connectivity index (χ1n) is 6.42. The smallest absolute Gasteiger partial charge is 0.137 e. The van der Waals surface area contributed by atoms with Crippen LogP contribution in [0.3, 0.4) is 0 Å². The van der Waals surface area contributed by atoms with Crippen LogP contribution < -0.4 is 5.73 Å². The third-order valence-corrected chi connectivity index (χ3v) is 4.30. The normalized spacial score (nSPS) is 27.2. The summed E-state index contributed by atoms with van der Waals surface area (Å²) in [5, 5.41) is 0. The average molecular weight is 315 g/mol. The van der Waals surface area contributed by atoms with E-state index in [9.17, 15) is 4.39 Å². The van der Waals surface area contributed by atoms with E-state index in [0.717, 1.165) is 25.1 Å². The lowest BCUT2D eigenvalue weighted by atomic mass is 9.94. The van der Waals surface area contributed by atoms with E-state index in [0.29, 0.717) is 10.4 Å². The van der Waals surface area contributed by atoms with Gasteiger partial charge in [0.25, 0.3) is 0 Å². The Balaban J connectivity index is 2.14. The number of halogens is 2. The number of likely N-dealkylation sites (tertiary alicyclic amines) is 1. The van der Waals surface area contributed by atoms with Crippen LogP contribution in [-0.4, -0.2) is 24.0 Å². The van der Waals surface area contributed by atoms with Gasteiger partial charge in [-0.15, -0.1) is 0 Å². The van der Waals surface area contributed by atoms with Crippen LogP contribution in [0.2, 0.25) is 0 Å². The van der Waals surface area contributed by atoms with Gasteiger partial charge in [0.05, 0.1) is 4.47 Å². The summed E-state index contributed by atoms with van der Waals surface area (Å²) in [6.07, 6.45) is 1.09. The maximum atomic E-state index is 13.2. The number of hydrogen-bond donors (Lipinski definition) is 1. The molecule has 18 heavy (non-hydrogen) atoms. The Kier molecular flexibility index (Phi) is 4.41. The van der Waals surface area contributed by atoms with Gasteiger partial charge in [0.1, 0.15) is 5.82 Å². The number of rotatable bonds is 2. The molecule has 1 aromatic carbocycles. The number of hydrogen-bond acceptors (Lipinski definition) is 2. The van der Waals surface area contributed by atoms with Crippen LogP contribution in [-0.2, 0) is 0 Å². The average Bonchev–Trinajstić information content (AvgIpc) is 2.30. The zero-order chi connectivity index (χ0) is 13.3. The van der Waals surface area contributed by atoms with E-state index in [4.69, 9.17) is 5.73 Å². The maximum absolute atomic E-state index is 13.2. The van der Waals surface area contributed by atoms with Crippen LogP contribution in [0.5, 0.6) is 0 Å². The van der Waals surface area contributed by atoms with E-state index < -0.39 is 0 Å². The molecule has 0 saturated carbocycles. The molecule has 0 amide bonds. The summed E-state index contributed by atoms with van der Waals surface area (Å²) in [7, 11) is 0. The van der Waals surface area contributed by atoms with Crippen molar-refractivity contribution in [1.82, 2.24) is 4.90 Å². The molecular weight excluding hydrogens is 295 g/mol. The van der Waals surface area contributed by atoms with Crippen LogP contribution in [0.25, 0.3) is 0 Å². The van der Waals surface area contributed by atoms with Crippen molar-refractivity contribution in [2.24, 2.45) is 11.7 Å². The fraction of sp³-hybridized carbons (Fsp3) is 0.571. The molecule has 1 saturated heterocycles. The largest absolute Gasteiger partial charge is 0.327 e. The fourth-order valence-electron chi connectivity index (χ4n) is 2.74. The molecule has 1 aromatic rings. The van der Waals surface area contributed by atoms with Gasteiger partial charge in [0.2, 0.25) is 0 Å². The Morgan fingerprint density at radius 1 is 1.44 bits per heavy atom. The fourth-order valence-corrected chi connectivity index (χ4v) is 3.14. The molecule has 3 unspecified atom stereocenters. The molecule has 2 nitrogen and oxygen atoms in total. The Morgan fingerprint density at radius 3 is 2.78 bits per heavy atom. The number of nitrogens with two attached hydrogens (primary N) is 1. The first-order valence-corrected chi connectivity index (χ1v) is 7.21. The van der Waals surface area contributed by atoms with E-state index >= 15 is 0 Å². The van der Waals surface area contributed by atoms with Crippen molar-refractivity contribution in [2.45, 2.75) is 32.4 Å². The highest BCUT2D eigenvalue weighted by molar-refractivity contribution is 9.10. The van der Waals surface area contributed by atoms with Crippen LogP contribution in [0.15, 0.2) is 22.7 Å². The minimum Gasteiger partial charge on any atom is -0.327 e. The minimum atomic E-state index is -0.213. The summed E-state index contributed by atoms with van der Waals surface area (Å²) in [5.74, 6) is 0.412. The van der Waals surface area contributed by atoms with Gasteiger partial charge in [-0.05, 0) is 52.9 Å². The van der Waals surface area contributed by atoms with E-state index in [1.807, 2.05) is 12.1 Å². The molecular formula is C14H20BrFN2. The van der Waals surface area contributed by atoms with E-state index in [1.165, 1.54) is 6.07 Å². The molecule has 0 aromatic heterocycles. The number of nitrogens with zero attached hydrogens (tertiary/aromatic N) is 1. The quantitative estimate of drug-likeness (QED) is 0.907. The third-order valence-electron chi connectivity index (χ3n) is 3.69. The second-order valence-electron chi connectivity index (χ2n) is 5.40. The Morgan fingerprint density at radius 2 is 2.17 bits per heavy atom. The molecule has 1 aliphatic rings. The molecule has 4 heteroatoms. The summed E-state index contributed by atoms with van der Waals surface area (Å²) >= 11 is 3.24. The molecule has 0 bridgehead atoms. The second-order valence-corrected chi connectivity index (χ2v) is 6.26. The van der Waals surface area contributed by atoms with Gasteiger partial charge < -0.3 is 5.73 Å². The summed E-state index contributed by atoms with van der Waals surface area (Å²) in [6.45, 7) is 6.37. The van der Waals surface area contributed by atoms with Crippen molar-refractivity contribution in [3.8, 4) is 0 Å². The summed E-state index contributed by atoms with van der Waals surface area (Å²) in [4.78, 5) is 2.39. The van der Waals surface area contributed by atoms with Crippen LogP contribution in [0.4, 0.5) is 4.39 Å². The van der Waals surface area contributed by atoms with Crippen LogP contribution in [0.1, 0.15) is 31.9 Å². The predicted octanol–water partition coefficient (Wildman–Crippen LogP) is 3.32. The predicted molar refractivity (Wildman–Crippen MR) is 75.8 cm³/mol. The zero-order valence-corrected chi connectivity index (χ0v) is 12.5. The number of piperidine rings is 1. The second kappa shape index (κ2) is 5.68. The van der Waals surface area contributed by atoms with Gasteiger partial charge in [0, 0.05) is 25.2 Å². The van der Waals surface area contributed by atoms with Gasteiger partial charge in [-0.2, -0.15) is 0 Å². The third kappa shape index (κ3) is 3.11. The van der Waals surface area contributed by atoms with Gasteiger partial charge in [-0.25, -0.2) is 4.39 Å². The monoisotopic (exact) mass is 314 g/mol. The van der Waals surface area contributed by atoms with E-state index in [1.54, 1.807) is 0 Å². The highest BCUT2D eigenvalue weighted by Gasteiger charge is 2.26. The molecule has 100 valence electrons. The van der Waals surface area contributed by atoms with Crippen LogP contribution in [0, 0.1) is 11.7 Å². The zero-order valence-electron chi connectivity index (χ0n) is 10.9. The molecule has 2 rings (SSSR count). The molecule has 0 spiro atoms. The first-order chi connectivity index (χ1) is 8.47. The Labute approximate surface area is 116 Å². The molecule has 2 N–H and O–H groups in total.